The molecule has 31 heavy (non-hydrogen) atoms. The van der Waals surface area contributed by atoms with Crippen LogP contribution in [0.3, 0.4) is 0 Å². The molecule has 3 rings (SSSR count). The van der Waals surface area contributed by atoms with Crippen molar-refractivity contribution in [3.8, 4) is 0 Å². The molecule has 0 aliphatic rings. The Bertz CT molecular complexity index is 1240. The molecule has 0 unspecified atom stereocenters. The first-order valence-electron chi connectivity index (χ1n) is 9.50. The maximum absolute atomic E-state index is 13.0. The lowest BCUT2D eigenvalue weighted by molar-refractivity contribution is -0.115. The topological polar surface area (TPSA) is 75.3 Å². The van der Waals surface area contributed by atoms with Crippen LogP contribution in [0.5, 0.6) is 0 Å². The van der Waals surface area contributed by atoms with Crippen molar-refractivity contribution >= 4 is 50.5 Å². The highest BCUT2D eigenvalue weighted by Crippen LogP contribution is 2.27. The second-order valence-corrected chi connectivity index (χ2v) is 9.79. The summed E-state index contributed by atoms with van der Waals surface area (Å²) in [5.74, 6) is -0.357. The van der Waals surface area contributed by atoms with Gasteiger partial charge in [-0.1, -0.05) is 53.0 Å². The van der Waals surface area contributed by atoms with Gasteiger partial charge in [0.25, 0.3) is 10.0 Å². The first-order valence-corrected chi connectivity index (χ1v) is 11.7. The van der Waals surface area contributed by atoms with Crippen molar-refractivity contribution in [1.29, 1.82) is 0 Å². The van der Waals surface area contributed by atoms with Crippen LogP contribution in [0.2, 0.25) is 10.0 Å². The Morgan fingerprint density at radius 2 is 1.58 bits per heavy atom. The number of nitrogens with one attached hydrogen (secondary N) is 2. The van der Waals surface area contributed by atoms with Crippen LogP contribution in [0.25, 0.3) is 0 Å². The molecule has 0 bridgehead atoms. The molecule has 0 heterocycles. The highest BCUT2D eigenvalue weighted by Gasteiger charge is 2.19. The van der Waals surface area contributed by atoms with E-state index in [2.05, 4.69) is 10.0 Å². The van der Waals surface area contributed by atoms with Crippen molar-refractivity contribution in [2.45, 2.75) is 32.1 Å². The van der Waals surface area contributed by atoms with Gasteiger partial charge in [-0.05, 0) is 67.8 Å². The summed E-state index contributed by atoms with van der Waals surface area (Å²) >= 11 is 12.3. The molecule has 0 aliphatic carbocycles. The standard InChI is InChI=1S/C23H22Cl2N2O3S/c1-14-7-10-21(16(3)11-14)27-31(29,30)22-12-17(9-8-15(22)2)26-23(28)13-18-19(24)5-4-6-20(18)25/h4-12,27H,13H2,1-3H3,(H,26,28). The molecule has 0 radical (unpaired) electrons. The van der Waals surface area contributed by atoms with E-state index in [1.54, 1.807) is 43.3 Å². The number of hydrogen-bond acceptors (Lipinski definition) is 3. The van der Waals surface area contributed by atoms with Crippen molar-refractivity contribution < 1.29 is 13.2 Å². The second kappa shape index (κ2) is 9.30. The van der Waals surface area contributed by atoms with Gasteiger partial charge in [-0.2, -0.15) is 0 Å². The third kappa shape index (κ3) is 5.58. The van der Waals surface area contributed by atoms with E-state index in [4.69, 9.17) is 23.2 Å². The molecule has 3 aromatic rings. The zero-order valence-electron chi connectivity index (χ0n) is 17.3. The number of halogens is 2. The minimum absolute atomic E-state index is 0.0325. The predicted octanol–water partition coefficient (Wildman–Crippen LogP) is 5.90. The number of benzene rings is 3. The van der Waals surface area contributed by atoms with Gasteiger partial charge in [0.2, 0.25) is 5.91 Å². The Hall–Kier alpha value is -2.54. The fourth-order valence-electron chi connectivity index (χ4n) is 3.16. The van der Waals surface area contributed by atoms with Crippen LogP contribution in [0, 0.1) is 20.8 Å². The Morgan fingerprint density at radius 1 is 0.903 bits per heavy atom. The SMILES string of the molecule is Cc1ccc(NS(=O)(=O)c2cc(NC(=O)Cc3c(Cl)cccc3Cl)ccc2C)c(C)c1. The maximum Gasteiger partial charge on any atom is 0.262 e. The van der Waals surface area contributed by atoms with Gasteiger partial charge in [-0.25, -0.2) is 8.42 Å². The monoisotopic (exact) mass is 476 g/mol. The summed E-state index contributed by atoms with van der Waals surface area (Å²) in [6, 6.07) is 15.2. The van der Waals surface area contributed by atoms with E-state index in [1.807, 2.05) is 26.0 Å². The lowest BCUT2D eigenvalue weighted by Gasteiger charge is -2.14. The number of rotatable bonds is 6. The molecule has 0 saturated carbocycles. The van der Waals surface area contributed by atoms with E-state index >= 15 is 0 Å². The minimum Gasteiger partial charge on any atom is -0.326 e. The Kier molecular flexibility index (Phi) is 6.94. The average molecular weight is 477 g/mol. The highest BCUT2D eigenvalue weighted by atomic mass is 35.5. The molecular weight excluding hydrogens is 455 g/mol. The van der Waals surface area contributed by atoms with Crippen molar-refractivity contribution in [3.63, 3.8) is 0 Å². The third-order valence-corrected chi connectivity index (χ3v) is 7.00. The smallest absolute Gasteiger partial charge is 0.262 e. The molecule has 0 saturated heterocycles. The molecular formula is C23H22Cl2N2O3S. The van der Waals surface area contributed by atoms with Gasteiger partial charge in [0.05, 0.1) is 17.0 Å². The number of anilines is 2. The van der Waals surface area contributed by atoms with E-state index in [1.165, 1.54) is 6.07 Å². The average Bonchev–Trinajstić information content (AvgIpc) is 2.68. The number of carbonyl (C=O) groups excluding carboxylic acids is 1. The summed E-state index contributed by atoms with van der Waals surface area (Å²) in [5.41, 5.74) is 3.80. The van der Waals surface area contributed by atoms with Gasteiger partial charge in [-0.3, -0.25) is 9.52 Å². The van der Waals surface area contributed by atoms with Gasteiger partial charge in [0.15, 0.2) is 0 Å². The van der Waals surface area contributed by atoms with Gasteiger partial charge >= 0.3 is 0 Å². The predicted molar refractivity (Wildman–Crippen MR) is 127 cm³/mol. The van der Waals surface area contributed by atoms with Crippen molar-refractivity contribution in [3.05, 3.63) is 86.9 Å². The first kappa shape index (κ1) is 23.1. The Balaban J connectivity index is 1.83. The van der Waals surface area contributed by atoms with Gasteiger partial charge in [-0.15, -0.1) is 0 Å². The molecule has 2 N–H and O–H groups in total. The highest BCUT2D eigenvalue weighted by molar-refractivity contribution is 7.92. The second-order valence-electron chi connectivity index (χ2n) is 7.33. The molecule has 0 fully saturated rings. The van der Waals surface area contributed by atoms with Crippen LogP contribution in [0.1, 0.15) is 22.3 Å². The summed E-state index contributed by atoms with van der Waals surface area (Å²) in [4.78, 5) is 12.6. The van der Waals surface area contributed by atoms with E-state index in [0.29, 0.717) is 32.5 Å². The summed E-state index contributed by atoms with van der Waals surface area (Å²) < 4.78 is 28.7. The molecule has 8 heteroatoms. The fraction of sp³-hybridized carbons (Fsp3) is 0.174. The van der Waals surface area contributed by atoms with E-state index in [-0.39, 0.29) is 17.2 Å². The molecule has 0 aromatic heterocycles. The summed E-state index contributed by atoms with van der Waals surface area (Å²) in [7, 11) is -3.85. The zero-order chi connectivity index (χ0) is 22.8. The van der Waals surface area contributed by atoms with Crippen molar-refractivity contribution in [2.24, 2.45) is 0 Å². The fourth-order valence-corrected chi connectivity index (χ4v) is 5.10. The number of amides is 1. The van der Waals surface area contributed by atoms with Gasteiger partial charge in [0, 0.05) is 15.7 Å². The summed E-state index contributed by atoms with van der Waals surface area (Å²) in [6.07, 6.45) is -0.0325. The van der Waals surface area contributed by atoms with Crippen molar-refractivity contribution in [2.75, 3.05) is 10.0 Å². The zero-order valence-corrected chi connectivity index (χ0v) is 19.6. The molecule has 0 aliphatic heterocycles. The van der Waals surface area contributed by atoms with Crippen LogP contribution in [-0.2, 0) is 21.2 Å². The van der Waals surface area contributed by atoms with Gasteiger partial charge < -0.3 is 5.32 Å². The largest absolute Gasteiger partial charge is 0.326 e. The van der Waals surface area contributed by atoms with Crippen LogP contribution < -0.4 is 10.0 Å². The number of hydrogen-bond donors (Lipinski definition) is 2. The summed E-state index contributed by atoms with van der Waals surface area (Å²) in [6.45, 7) is 5.48. The van der Waals surface area contributed by atoms with Crippen molar-refractivity contribution in [1.82, 2.24) is 0 Å². The molecule has 0 spiro atoms. The Morgan fingerprint density at radius 3 is 2.23 bits per heavy atom. The molecule has 5 nitrogen and oxygen atoms in total. The quantitative estimate of drug-likeness (QED) is 0.464. The van der Waals surface area contributed by atoms with E-state index in [9.17, 15) is 13.2 Å². The molecule has 3 aromatic carbocycles. The minimum atomic E-state index is -3.85. The molecule has 162 valence electrons. The lowest BCUT2D eigenvalue weighted by Crippen LogP contribution is -2.17. The van der Waals surface area contributed by atoms with E-state index < -0.39 is 10.0 Å². The van der Waals surface area contributed by atoms with Crippen LogP contribution in [0.4, 0.5) is 11.4 Å². The molecule has 1 amide bonds. The number of sulfonamides is 1. The van der Waals surface area contributed by atoms with Crippen LogP contribution in [0.15, 0.2) is 59.5 Å². The number of aryl methyl sites for hydroxylation is 3. The lowest BCUT2D eigenvalue weighted by atomic mass is 10.1. The van der Waals surface area contributed by atoms with E-state index in [0.717, 1.165) is 11.1 Å². The third-order valence-electron chi connectivity index (χ3n) is 4.79. The first-order chi connectivity index (χ1) is 14.6. The molecule has 0 atom stereocenters. The number of carbonyl (C=O) groups is 1. The van der Waals surface area contributed by atoms with Crippen LogP contribution >= 0.6 is 23.2 Å². The van der Waals surface area contributed by atoms with Crippen LogP contribution in [-0.4, -0.2) is 14.3 Å². The maximum atomic E-state index is 13.0. The normalized spacial score (nSPS) is 11.3. The van der Waals surface area contributed by atoms with Gasteiger partial charge in [0.1, 0.15) is 0 Å². The Labute approximate surface area is 192 Å². The summed E-state index contributed by atoms with van der Waals surface area (Å²) in [5, 5.41) is 3.51.